The predicted octanol–water partition coefficient (Wildman–Crippen LogP) is 4.00. The fourth-order valence-electron chi connectivity index (χ4n) is 1.81. The van der Waals surface area contributed by atoms with Gasteiger partial charge >= 0.3 is 12.1 Å². The lowest BCUT2D eigenvalue weighted by molar-refractivity contribution is -0.385. The first-order valence-corrected chi connectivity index (χ1v) is 6.78. The maximum Gasteiger partial charge on any atom is 0.417 e. The molecule has 0 bridgehead atoms. The van der Waals surface area contributed by atoms with Crippen molar-refractivity contribution in [1.82, 2.24) is 0 Å². The minimum Gasteiger partial charge on any atom is -0.481 e. The first-order chi connectivity index (χ1) is 10.7. The summed E-state index contributed by atoms with van der Waals surface area (Å²) in [5, 5.41) is 19.0. The molecule has 1 aromatic rings. The van der Waals surface area contributed by atoms with Crippen molar-refractivity contribution in [1.29, 1.82) is 0 Å². The molecule has 0 saturated carbocycles. The van der Waals surface area contributed by atoms with Crippen molar-refractivity contribution < 1.29 is 28.0 Å². The lowest BCUT2D eigenvalue weighted by atomic mass is 10.1. The van der Waals surface area contributed by atoms with E-state index in [1.165, 1.54) is 0 Å². The summed E-state index contributed by atoms with van der Waals surface area (Å²) in [4.78, 5) is 20.0. The average Bonchev–Trinajstić information content (AvgIpc) is 2.44. The second kappa shape index (κ2) is 8.17. The van der Waals surface area contributed by atoms with Crippen molar-refractivity contribution >= 4 is 11.7 Å². The lowest BCUT2D eigenvalue weighted by Crippen LogP contribution is -2.08. The topological polar surface area (TPSA) is 80.4 Å². The Balaban J connectivity index is 2.75. The Hall–Kier alpha value is -2.56. The summed E-state index contributed by atoms with van der Waals surface area (Å²) in [6.45, 7) is 0. The van der Waals surface area contributed by atoms with Gasteiger partial charge in [0.05, 0.1) is 10.5 Å². The highest BCUT2D eigenvalue weighted by Gasteiger charge is 2.34. The number of benzene rings is 1. The van der Waals surface area contributed by atoms with Crippen LogP contribution in [0.3, 0.4) is 0 Å². The van der Waals surface area contributed by atoms with Crippen LogP contribution >= 0.6 is 0 Å². The summed E-state index contributed by atoms with van der Waals surface area (Å²) < 4.78 is 38.7. The summed E-state index contributed by atoms with van der Waals surface area (Å²) in [5.74, 6) is 4.07. The van der Waals surface area contributed by atoms with Crippen LogP contribution in [0.15, 0.2) is 18.2 Å². The van der Waals surface area contributed by atoms with Gasteiger partial charge in [-0.05, 0) is 18.9 Å². The van der Waals surface area contributed by atoms with Crippen LogP contribution in [0.2, 0.25) is 0 Å². The minimum atomic E-state index is -4.72. The number of aliphatic carboxylic acids is 1. The van der Waals surface area contributed by atoms with E-state index in [1.807, 2.05) is 0 Å². The predicted molar refractivity (Wildman–Crippen MR) is 75.7 cm³/mol. The molecule has 0 amide bonds. The van der Waals surface area contributed by atoms with Crippen LogP contribution < -0.4 is 0 Å². The fourth-order valence-corrected chi connectivity index (χ4v) is 1.81. The molecule has 23 heavy (non-hydrogen) atoms. The van der Waals surface area contributed by atoms with E-state index in [1.54, 1.807) is 0 Å². The quantitative estimate of drug-likeness (QED) is 0.370. The molecule has 0 saturated heterocycles. The summed E-state index contributed by atoms with van der Waals surface area (Å²) >= 11 is 0. The molecule has 0 atom stereocenters. The Bertz CT molecular complexity index is 644. The molecule has 8 heteroatoms. The number of rotatable bonds is 6. The van der Waals surface area contributed by atoms with Crippen molar-refractivity contribution in [3.63, 3.8) is 0 Å². The van der Waals surface area contributed by atoms with E-state index in [0.717, 1.165) is 12.1 Å². The molecule has 5 nitrogen and oxygen atoms in total. The van der Waals surface area contributed by atoms with Gasteiger partial charge in [-0.3, -0.25) is 14.9 Å². The second-order valence-corrected chi connectivity index (χ2v) is 4.74. The zero-order chi connectivity index (χ0) is 17.5. The first kappa shape index (κ1) is 18.5. The number of nitro benzene ring substituents is 1. The van der Waals surface area contributed by atoms with Gasteiger partial charge in [0.1, 0.15) is 0 Å². The molecular weight excluding hydrogens is 315 g/mol. The van der Waals surface area contributed by atoms with Gasteiger partial charge < -0.3 is 5.11 Å². The standard InChI is InChI=1S/C15H14F3NO4/c16-15(17,18)13-10-12(19(22)23)9-8-11(13)6-4-2-1-3-5-7-14(20)21/h8-10H,1-3,5,7H2,(H,20,21). The van der Waals surface area contributed by atoms with Crippen molar-refractivity contribution in [3.8, 4) is 11.8 Å². The van der Waals surface area contributed by atoms with Gasteiger partial charge in [0.25, 0.3) is 5.69 Å². The summed E-state index contributed by atoms with van der Waals surface area (Å²) in [5.41, 5.74) is -2.09. The summed E-state index contributed by atoms with van der Waals surface area (Å²) in [6, 6.07) is 2.43. The number of carbonyl (C=O) groups is 1. The normalized spacial score (nSPS) is 10.7. The molecule has 1 rings (SSSR count). The number of non-ortho nitro benzene ring substituents is 1. The zero-order valence-electron chi connectivity index (χ0n) is 12.0. The number of nitro groups is 1. The van der Waals surface area contributed by atoms with Crippen molar-refractivity contribution in [3.05, 3.63) is 39.4 Å². The van der Waals surface area contributed by atoms with E-state index in [4.69, 9.17) is 5.11 Å². The Morgan fingerprint density at radius 3 is 2.52 bits per heavy atom. The molecule has 0 aliphatic rings. The van der Waals surface area contributed by atoms with Crippen LogP contribution in [-0.2, 0) is 11.0 Å². The highest BCUT2D eigenvalue weighted by Crippen LogP contribution is 2.34. The number of hydrogen-bond donors (Lipinski definition) is 1. The third-order valence-electron chi connectivity index (χ3n) is 2.93. The highest BCUT2D eigenvalue weighted by atomic mass is 19.4. The van der Waals surface area contributed by atoms with E-state index in [0.29, 0.717) is 31.7 Å². The van der Waals surface area contributed by atoms with Gasteiger partial charge in [0.15, 0.2) is 0 Å². The van der Waals surface area contributed by atoms with E-state index in [-0.39, 0.29) is 12.0 Å². The maximum absolute atomic E-state index is 12.9. The molecule has 0 aromatic heterocycles. The van der Waals surface area contributed by atoms with Gasteiger partial charge in [0, 0.05) is 30.5 Å². The van der Waals surface area contributed by atoms with Crippen LogP contribution in [0, 0.1) is 22.0 Å². The maximum atomic E-state index is 12.9. The van der Waals surface area contributed by atoms with Crippen LogP contribution in [0.5, 0.6) is 0 Å². The second-order valence-electron chi connectivity index (χ2n) is 4.74. The third kappa shape index (κ3) is 6.38. The van der Waals surface area contributed by atoms with E-state index in [9.17, 15) is 28.1 Å². The van der Waals surface area contributed by atoms with Crippen molar-refractivity contribution in [2.24, 2.45) is 0 Å². The molecule has 1 aromatic carbocycles. The zero-order valence-corrected chi connectivity index (χ0v) is 12.0. The molecular formula is C15H14F3NO4. The van der Waals surface area contributed by atoms with Crippen molar-refractivity contribution in [2.75, 3.05) is 0 Å². The van der Waals surface area contributed by atoms with Gasteiger partial charge in [-0.1, -0.05) is 18.3 Å². The molecule has 0 aliphatic carbocycles. The largest absolute Gasteiger partial charge is 0.481 e. The van der Waals surface area contributed by atoms with Gasteiger partial charge in [-0.2, -0.15) is 13.2 Å². The fraction of sp³-hybridized carbons (Fsp3) is 0.400. The lowest BCUT2D eigenvalue weighted by Gasteiger charge is -2.08. The third-order valence-corrected chi connectivity index (χ3v) is 2.93. The number of carboxylic acid groups (broad SMARTS) is 1. The Kier molecular flexibility index (Phi) is 6.57. The molecule has 0 heterocycles. The van der Waals surface area contributed by atoms with Gasteiger partial charge in [0.2, 0.25) is 0 Å². The highest BCUT2D eigenvalue weighted by molar-refractivity contribution is 5.66. The molecule has 0 spiro atoms. The summed E-state index contributed by atoms with van der Waals surface area (Å²) in [6.07, 6.45) is -2.66. The molecule has 1 N–H and O–H groups in total. The number of hydrogen-bond acceptors (Lipinski definition) is 3. The number of nitrogens with zero attached hydrogens (tertiary/aromatic N) is 1. The molecule has 0 unspecified atom stereocenters. The number of unbranched alkanes of at least 4 members (excludes halogenated alkanes) is 3. The van der Waals surface area contributed by atoms with E-state index >= 15 is 0 Å². The van der Waals surface area contributed by atoms with E-state index < -0.39 is 28.3 Å². The molecule has 124 valence electrons. The SMILES string of the molecule is O=C(O)CCCCCC#Cc1ccc([N+](=O)[O-])cc1C(F)(F)F. The Morgan fingerprint density at radius 2 is 1.96 bits per heavy atom. The molecule has 0 aliphatic heterocycles. The van der Waals surface area contributed by atoms with Crippen LogP contribution in [0.25, 0.3) is 0 Å². The Morgan fingerprint density at radius 1 is 1.26 bits per heavy atom. The average molecular weight is 329 g/mol. The van der Waals surface area contributed by atoms with Gasteiger partial charge in [-0.25, -0.2) is 0 Å². The molecule has 0 fully saturated rings. The smallest absolute Gasteiger partial charge is 0.417 e. The number of alkyl halides is 3. The Labute approximate surface area is 130 Å². The minimum absolute atomic E-state index is 0.0496. The van der Waals surface area contributed by atoms with Crippen molar-refractivity contribution in [2.45, 2.75) is 38.3 Å². The number of carboxylic acids is 1. The number of halogens is 3. The first-order valence-electron chi connectivity index (χ1n) is 6.78. The monoisotopic (exact) mass is 329 g/mol. The summed E-state index contributed by atoms with van der Waals surface area (Å²) in [7, 11) is 0. The van der Waals surface area contributed by atoms with E-state index in [2.05, 4.69) is 11.8 Å². The molecule has 0 radical (unpaired) electrons. The van der Waals surface area contributed by atoms with Gasteiger partial charge in [-0.15, -0.1) is 0 Å². The van der Waals surface area contributed by atoms with Crippen LogP contribution in [0.4, 0.5) is 18.9 Å². The van der Waals surface area contributed by atoms with Crippen LogP contribution in [0.1, 0.15) is 43.2 Å². The van der Waals surface area contributed by atoms with Crippen LogP contribution in [-0.4, -0.2) is 16.0 Å².